The van der Waals surface area contributed by atoms with E-state index in [9.17, 15) is 0 Å². The second kappa shape index (κ2) is 11.4. The fourth-order valence-corrected chi connectivity index (χ4v) is 10.9. The highest BCUT2D eigenvalue weighted by Gasteiger charge is 2.51. The number of hydrogen-bond donors (Lipinski definition) is 0. The lowest BCUT2D eigenvalue weighted by Gasteiger charge is -2.39. The molecule has 4 heterocycles. The molecule has 0 saturated carbocycles. The van der Waals surface area contributed by atoms with Crippen LogP contribution in [0.1, 0.15) is 22.3 Å². The van der Waals surface area contributed by atoms with E-state index in [0.717, 1.165) is 76.9 Å². The summed E-state index contributed by atoms with van der Waals surface area (Å²) in [6.45, 7) is 0. The van der Waals surface area contributed by atoms with Crippen molar-refractivity contribution >= 4 is 64.1 Å². The van der Waals surface area contributed by atoms with E-state index >= 15 is 0 Å². The zero-order valence-corrected chi connectivity index (χ0v) is 31.2. The van der Waals surface area contributed by atoms with Crippen LogP contribution in [0.2, 0.25) is 0 Å². The van der Waals surface area contributed by atoms with Crippen LogP contribution < -0.4 is 4.74 Å². The van der Waals surface area contributed by atoms with Crippen molar-refractivity contribution in [3.05, 3.63) is 198 Å². The number of ether oxygens (including phenoxy) is 1. The lowest BCUT2D eigenvalue weighted by Crippen LogP contribution is -2.32. The number of benzene rings is 8. The minimum absolute atomic E-state index is 0.620. The Balaban J connectivity index is 1.14. The van der Waals surface area contributed by atoms with Gasteiger partial charge in [-0.3, -0.25) is 0 Å². The summed E-state index contributed by atoms with van der Waals surface area (Å²) in [6, 6.07) is 63.0. The van der Waals surface area contributed by atoms with E-state index in [0.29, 0.717) is 5.82 Å². The Morgan fingerprint density at radius 2 is 1.07 bits per heavy atom. The summed E-state index contributed by atoms with van der Waals surface area (Å²) in [6.07, 6.45) is 0. The lowest BCUT2D eigenvalue weighted by molar-refractivity contribution is 0.436. The molecular weight excluding hydrogens is 715 g/mol. The van der Waals surface area contributed by atoms with E-state index in [-0.39, 0.29) is 0 Å². The van der Waals surface area contributed by atoms with Gasteiger partial charge in [0, 0.05) is 37.5 Å². The van der Waals surface area contributed by atoms with Crippen molar-refractivity contribution in [1.29, 1.82) is 0 Å². The summed E-state index contributed by atoms with van der Waals surface area (Å²) in [5.41, 5.74) is 11.2. The van der Waals surface area contributed by atoms with Gasteiger partial charge in [-0.25, -0.2) is 15.0 Å². The van der Waals surface area contributed by atoms with Crippen LogP contribution in [-0.2, 0) is 5.41 Å². The molecule has 0 fully saturated rings. The molecule has 13 rings (SSSR count). The number of rotatable bonds is 2. The predicted molar refractivity (Wildman–Crippen MR) is 233 cm³/mol. The van der Waals surface area contributed by atoms with Gasteiger partial charge in [-0.05, 0) is 80.9 Å². The quantitative estimate of drug-likeness (QED) is 0.165. The number of nitrogens with zero attached hydrogens (tertiary/aromatic N) is 3. The average Bonchev–Trinajstić information content (AvgIpc) is 3.78. The second-order valence-corrected chi connectivity index (χ2v) is 16.1. The van der Waals surface area contributed by atoms with Crippen LogP contribution >= 0.6 is 11.3 Å². The molecule has 1 aliphatic heterocycles. The molecule has 0 radical (unpaired) electrons. The van der Waals surface area contributed by atoms with E-state index in [4.69, 9.17) is 19.7 Å². The highest BCUT2D eigenvalue weighted by atomic mass is 32.1. The number of aromatic nitrogens is 3. The summed E-state index contributed by atoms with van der Waals surface area (Å²) in [7, 11) is 0. The monoisotopic (exact) mass is 743 g/mol. The number of hydrogen-bond acceptors (Lipinski definition) is 5. The Hall–Kier alpha value is -7.21. The second-order valence-electron chi connectivity index (χ2n) is 15.0. The van der Waals surface area contributed by atoms with Gasteiger partial charge in [0.15, 0.2) is 5.82 Å². The molecular formula is C52H29N3OS. The highest BCUT2D eigenvalue weighted by molar-refractivity contribution is 7.26. The molecule has 8 aromatic carbocycles. The number of para-hydroxylation sites is 3. The van der Waals surface area contributed by atoms with Crippen LogP contribution in [0.5, 0.6) is 11.5 Å². The van der Waals surface area contributed by atoms with Crippen molar-refractivity contribution < 1.29 is 4.74 Å². The van der Waals surface area contributed by atoms with Crippen LogP contribution in [-0.4, -0.2) is 15.0 Å². The van der Waals surface area contributed by atoms with E-state index in [1.165, 1.54) is 37.7 Å². The molecule has 0 amide bonds. The summed E-state index contributed by atoms with van der Waals surface area (Å²) in [5, 5.41) is 6.85. The maximum absolute atomic E-state index is 6.69. The van der Waals surface area contributed by atoms with Gasteiger partial charge in [0.25, 0.3) is 0 Å². The smallest absolute Gasteiger partial charge is 0.180 e. The van der Waals surface area contributed by atoms with E-state index in [1.54, 1.807) is 11.3 Å². The van der Waals surface area contributed by atoms with Crippen molar-refractivity contribution in [3.8, 4) is 45.4 Å². The first-order valence-corrected chi connectivity index (χ1v) is 20.1. The Kier molecular flexibility index (Phi) is 6.22. The third kappa shape index (κ3) is 4.18. The molecule has 0 N–H and O–H groups in total. The van der Waals surface area contributed by atoms with E-state index in [2.05, 4.69) is 170 Å². The van der Waals surface area contributed by atoms with Gasteiger partial charge in [0.05, 0.1) is 26.8 Å². The van der Waals surface area contributed by atoms with E-state index in [1.807, 2.05) is 6.07 Å². The summed E-state index contributed by atoms with van der Waals surface area (Å²) in [5.74, 6) is 2.37. The van der Waals surface area contributed by atoms with Crippen LogP contribution in [0.3, 0.4) is 0 Å². The molecule has 2 aliphatic rings. The zero-order valence-electron chi connectivity index (χ0n) is 30.4. The van der Waals surface area contributed by atoms with Crippen LogP contribution in [0, 0.1) is 0 Å². The van der Waals surface area contributed by atoms with Gasteiger partial charge < -0.3 is 4.74 Å². The standard InChI is InChI=1S/C52H29N3OS/c1-2-14-31-28-42-38(27-30(31)13-1)34-26-25-32(29-41(34)52(42)39-19-7-10-22-44(39)56-45-23-11-8-20-40(45)52)47-50-48(37-18-6-12-24-46(37)57-50)55-51(54-47)49-36-17-4-3-15-33(36)35-16-5-9-21-43(35)53-49/h1-29H. The minimum atomic E-state index is -0.624. The van der Waals surface area contributed by atoms with Gasteiger partial charge in [0.1, 0.15) is 17.2 Å². The van der Waals surface area contributed by atoms with Gasteiger partial charge in [-0.2, -0.15) is 0 Å². The van der Waals surface area contributed by atoms with Crippen molar-refractivity contribution in [1.82, 2.24) is 15.0 Å². The Labute approximate surface area is 331 Å². The molecule has 5 heteroatoms. The molecule has 264 valence electrons. The molecule has 1 spiro atoms. The molecule has 0 atom stereocenters. The number of thiophene rings is 1. The molecule has 57 heavy (non-hydrogen) atoms. The molecule has 0 bridgehead atoms. The Morgan fingerprint density at radius 1 is 0.439 bits per heavy atom. The van der Waals surface area contributed by atoms with Gasteiger partial charge in [-0.1, -0.05) is 133 Å². The van der Waals surface area contributed by atoms with Crippen molar-refractivity contribution in [3.63, 3.8) is 0 Å². The average molecular weight is 744 g/mol. The van der Waals surface area contributed by atoms with Crippen molar-refractivity contribution in [2.45, 2.75) is 5.41 Å². The third-order valence-corrected chi connectivity index (χ3v) is 13.3. The minimum Gasteiger partial charge on any atom is -0.457 e. The van der Waals surface area contributed by atoms with Gasteiger partial charge in [0.2, 0.25) is 0 Å². The maximum Gasteiger partial charge on any atom is 0.180 e. The Bertz CT molecular complexity index is 3490. The van der Waals surface area contributed by atoms with Crippen LogP contribution in [0.4, 0.5) is 0 Å². The number of fused-ring (bicyclic) bond motifs is 16. The molecule has 0 unspecified atom stereocenters. The van der Waals surface area contributed by atoms with Crippen molar-refractivity contribution in [2.24, 2.45) is 0 Å². The maximum atomic E-state index is 6.69. The first-order valence-electron chi connectivity index (χ1n) is 19.3. The summed E-state index contributed by atoms with van der Waals surface area (Å²) >= 11 is 1.75. The SMILES string of the molecule is c1ccc2c(c1)Oc1ccccc1C21c2cc(-c3nc(-c4nc5ccccc5c5ccccc45)nc4c3sc3ccccc34)ccc2-c2cc3ccccc3cc21. The topological polar surface area (TPSA) is 47.9 Å². The van der Waals surface area contributed by atoms with Gasteiger partial charge >= 0.3 is 0 Å². The third-order valence-electron chi connectivity index (χ3n) is 12.1. The fraction of sp³-hybridized carbons (Fsp3) is 0.0192. The first-order chi connectivity index (χ1) is 28.2. The number of pyridine rings is 1. The van der Waals surface area contributed by atoms with Crippen LogP contribution in [0.25, 0.3) is 86.7 Å². The van der Waals surface area contributed by atoms with Crippen molar-refractivity contribution in [2.75, 3.05) is 0 Å². The van der Waals surface area contributed by atoms with E-state index < -0.39 is 5.41 Å². The molecule has 11 aromatic rings. The molecule has 3 aromatic heterocycles. The summed E-state index contributed by atoms with van der Waals surface area (Å²) < 4.78 is 8.94. The predicted octanol–water partition coefficient (Wildman–Crippen LogP) is 13.5. The highest BCUT2D eigenvalue weighted by Crippen LogP contribution is 2.63. The molecule has 1 aliphatic carbocycles. The Morgan fingerprint density at radius 3 is 1.88 bits per heavy atom. The molecule has 4 nitrogen and oxygen atoms in total. The first kappa shape index (κ1) is 31.0. The lowest BCUT2D eigenvalue weighted by atomic mass is 9.65. The van der Waals surface area contributed by atoms with Gasteiger partial charge in [-0.15, -0.1) is 11.3 Å². The zero-order chi connectivity index (χ0) is 37.2. The fourth-order valence-electron chi connectivity index (χ4n) is 9.70. The summed E-state index contributed by atoms with van der Waals surface area (Å²) in [4.78, 5) is 16.2. The van der Waals surface area contributed by atoms with Crippen LogP contribution in [0.15, 0.2) is 176 Å². The largest absolute Gasteiger partial charge is 0.457 e. The normalized spacial score (nSPS) is 13.5. The molecule has 0 saturated heterocycles.